The van der Waals surface area contributed by atoms with Crippen molar-refractivity contribution in [2.45, 2.75) is 52.1 Å². The number of nitrogens with two attached hydrogens (primary N) is 1. The van der Waals surface area contributed by atoms with Crippen LogP contribution < -0.4 is 10.6 Å². The molecule has 0 saturated carbocycles. The maximum atomic E-state index is 13.7. The summed E-state index contributed by atoms with van der Waals surface area (Å²) in [4.78, 5) is 40.3. The molecule has 1 atom stereocenters. The number of nitrogen functional groups attached to an aromatic ring is 1. The van der Waals surface area contributed by atoms with Gasteiger partial charge in [-0.2, -0.15) is 0 Å². The van der Waals surface area contributed by atoms with Gasteiger partial charge < -0.3 is 25.3 Å². The van der Waals surface area contributed by atoms with E-state index in [1.807, 2.05) is 62.0 Å². The number of likely N-dealkylation sites (N-methyl/N-ethyl adjacent to an activating group) is 1. The minimum Gasteiger partial charge on any atom is -0.466 e. The molecular formula is C30H42ClN7O3. The maximum absolute atomic E-state index is 13.7. The predicted molar refractivity (Wildman–Crippen MR) is 165 cm³/mol. The summed E-state index contributed by atoms with van der Waals surface area (Å²) in [7, 11) is 3.90. The number of esters is 1. The van der Waals surface area contributed by atoms with E-state index in [4.69, 9.17) is 20.9 Å². The Bertz CT molecular complexity index is 1380. The lowest BCUT2D eigenvalue weighted by Gasteiger charge is -2.39. The number of nitrogens with zero attached hydrogens (tertiary/aromatic N) is 4. The summed E-state index contributed by atoms with van der Waals surface area (Å²) in [6.07, 6.45) is 2.31. The van der Waals surface area contributed by atoms with Gasteiger partial charge >= 0.3 is 5.97 Å². The zero-order valence-corrected chi connectivity index (χ0v) is 25.4. The van der Waals surface area contributed by atoms with Crippen LogP contribution in [0.2, 0.25) is 0 Å². The number of hydrogen-bond acceptors (Lipinski definition) is 7. The molecule has 4 rings (SSSR count). The number of likely N-dealkylation sites (tertiary alicyclic amines) is 1. The lowest BCUT2D eigenvalue weighted by Crippen LogP contribution is -2.52. The maximum Gasteiger partial charge on any atom is 0.307 e. The SMILES string of the molecule is CCOC(=O)CCN(Cc1nc2c(C)c(C(C)(C(=O)N3CCCC3)N(C)C)ccc2[nH]1)c1ccc(C(=N)N)cc1.Cl. The first kappa shape index (κ1) is 31.9. The fourth-order valence-electron chi connectivity index (χ4n) is 5.43. The highest BCUT2D eigenvalue weighted by Gasteiger charge is 2.42. The molecule has 41 heavy (non-hydrogen) atoms. The van der Waals surface area contributed by atoms with Gasteiger partial charge in [0.15, 0.2) is 0 Å². The molecule has 1 aromatic heterocycles. The number of hydrogen-bond donors (Lipinski definition) is 3. The Morgan fingerprint density at radius 2 is 1.80 bits per heavy atom. The Morgan fingerprint density at radius 3 is 2.39 bits per heavy atom. The van der Waals surface area contributed by atoms with E-state index in [9.17, 15) is 9.59 Å². The number of halogens is 1. The molecule has 2 heterocycles. The largest absolute Gasteiger partial charge is 0.466 e. The van der Waals surface area contributed by atoms with Gasteiger partial charge in [-0.1, -0.05) is 6.07 Å². The average molecular weight is 584 g/mol. The molecule has 0 radical (unpaired) electrons. The highest BCUT2D eigenvalue weighted by molar-refractivity contribution is 5.95. The predicted octanol–water partition coefficient (Wildman–Crippen LogP) is 3.94. The number of nitrogens with one attached hydrogen (secondary N) is 2. The zero-order valence-electron chi connectivity index (χ0n) is 24.6. The van der Waals surface area contributed by atoms with Gasteiger partial charge in [-0.3, -0.25) is 19.9 Å². The van der Waals surface area contributed by atoms with Crippen LogP contribution in [-0.2, 0) is 26.4 Å². The number of amides is 1. The van der Waals surface area contributed by atoms with Gasteiger partial charge in [0.1, 0.15) is 17.2 Å². The minimum atomic E-state index is -0.814. The highest BCUT2D eigenvalue weighted by atomic mass is 35.5. The van der Waals surface area contributed by atoms with Crippen LogP contribution in [0.15, 0.2) is 36.4 Å². The van der Waals surface area contributed by atoms with Crippen LogP contribution in [0.1, 0.15) is 55.6 Å². The standard InChI is InChI=1S/C30H41N7O3.ClH/c1-6-40-26(38)15-18-37(22-11-9-21(10-12-22)28(31)32)19-25-33-24-14-13-23(20(2)27(24)34-25)30(3,35(4)5)29(39)36-16-7-8-17-36;/h9-14H,6-8,15-19H2,1-5H3,(H3,31,32)(H,33,34);1H. The first-order valence-electron chi connectivity index (χ1n) is 13.9. The molecule has 4 N–H and O–H groups in total. The smallest absolute Gasteiger partial charge is 0.307 e. The fraction of sp³-hybridized carbons (Fsp3) is 0.467. The van der Waals surface area contributed by atoms with E-state index in [1.54, 1.807) is 19.1 Å². The van der Waals surface area contributed by atoms with Gasteiger partial charge in [0.05, 0.1) is 30.6 Å². The van der Waals surface area contributed by atoms with E-state index in [0.29, 0.717) is 25.3 Å². The summed E-state index contributed by atoms with van der Waals surface area (Å²) >= 11 is 0. The number of anilines is 1. The number of amidine groups is 1. The molecule has 1 amide bonds. The number of rotatable bonds is 11. The topological polar surface area (TPSA) is 132 Å². The normalized spacial score (nSPS) is 14.5. The van der Waals surface area contributed by atoms with Crippen molar-refractivity contribution in [2.24, 2.45) is 5.73 Å². The van der Waals surface area contributed by atoms with Gasteiger partial charge in [-0.05, 0) is 89.2 Å². The molecule has 222 valence electrons. The summed E-state index contributed by atoms with van der Waals surface area (Å²) < 4.78 is 5.14. The monoisotopic (exact) mass is 583 g/mol. The number of ether oxygens (including phenoxy) is 1. The molecular weight excluding hydrogens is 542 g/mol. The second-order valence-electron chi connectivity index (χ2n) is 10.7. The van der Waals surface area contributed by atoms with Crippen molar-refractivity contribution in [2.75, 3.05) is 45.2 Å². The van der Waals surface area contributed by atoms with Crippen LogP contribution in [0.3, 0.4) is 0 Å². The number of aryl methyl sites for hydroxylation is 1. The molecule has 10 nitrogen and oxygen atoms in total. The van der Waals surface area contributed by atoms with Crippen molar-refractivity contribution in [1.82, 2.24) is 19.8 Å². The Kier molecular flexibility index (Phi) is 10.4. The van der Waals surface area contributed by atoms with E-state index < -0.39 is 5.54 Å². The van der Waals surface area contributed by atoms with E-state index in [-0.39, 0.29) is 36.5 Å². The Morgan fingerprint density at radius 1 is 1.15 bits per heavy atom. The molecule has 1 fully saturated rings. The third-order valence-corrected chi connectivity index (χ3v) is 7.96. The number of H-pyrrole nitrogens is 1. The van der Waals surface area contributed by atoms with Crippen LogP contribution in [0.5, 0.6) is 0 Å². The van der Waals surface area contributed by atoms with Gasteiger partial charge in [0, 0.05) is 30.9 Å². The molecule has 1 aliphatic heterocycles. The molecule has 1 saturated heterocycles. The lowest BCUT2D eigenvalue weighted by molar-refractivity contribution is -0.143. The molecule has 1 unspecified atom stereocenters. The molecule has 2 aromatic carbocycles. The summed E-state index contributed by atoms with van der Waals surface area (Å²) in [6, 6.07) is 11.4. The van der Waals surface area contributed by atoms with Crippen molar-refractivity contribution in [3.05, 3.63) is 58.9 Å². The average Bonchev–Trinajstić information content (AvgIpc) is 3.61. The van der Waals surface area contributed by atoms with Crippen molar-refractivity contribution >= 4 is 46.8 Å². The van der Waals surface area contributed by atoms with Gasteiger partial charge in [-0.15, -0.1) is 12.4 Å². The van der Waals surface area contributed by atoms with Crippen LogP contribution in [-0.4, -0.2) is 77.8 Å². The minimum absolute atomic E-state index is 0. The van der Waals surface area contributed by atoms with Gasteiger partial charge in [0.2, 0.25) is 5.91 Å². The third-order valence-electron chi connectivity index (χ3n) is 7.96. The first-order chi connectivity index (χ1) is 19.1. The quantitative estimate of drug-likeness (QED) is 0.177. The third kappa shape index (κ3) is 6.65. The van der Waals surface area contributed by atoms with E-state index in [1.165, 1.54) is 0 Å². The zero-order chi connectivity index (χ0) is 29.0. The molecule has 0 bridgehead atoms. The number of carbonyl (C=O) groups excluding carboxylic acids is 2. The summed E-state index contributed by atoms with van der Waals surface area (Å²) in [5, 5.41) is 7.68. The number of aromatic amines is 1. The summed E-state index contributed by atoms with van der Waals surface area (Å²) in [5.74, 6) is 0.601. The van der Waals surface area contributed by atoms with Crippen molar-refractivity contribution < 1.29 is 14.3 Å². The van der Waals surface area contributed by atoms with Crippen LogP contribution >= 0.6 is 12.4 Å². The first-order valence-corrected chi connectivity index (χ1v) is 13.9. The van der Waals surface area contributed by atoms with Crippen LogP contribution in [0.25, 0.3) is 11.0 Å². The van der Waals surface area contributed by atoms with Gasteiger partial charge in [0.25, 0.3) is 0 Å². The number of fused-ring (bicyclic) bond motifs is 1. The van der Waals surface area contributed by atoms with Crippen molar-refractivity contribution in [3.8, 4) is 0 Å². The number of aromatic nitrogens is 2. The number of imidazole rings is 1. The summed E-state index contributed by atoms with van der Waals surface area (Å²) in [6.45, 7) is 8.61. The number of carbonyl (C=O) groups is 2. The van der Waals surface area contributed by atoms with Gasteiger partial charge in [-0.25, -0.2) is 4.98 Å². The van der Waals surface area contributed by atoms with E-state index in [0.717, 1.165) is 59.6 Å². The summed E-state index contributed by atoms with van der Waals surface area (Å²) in [5.41, 5.74) is 9.96. The Labute approximate surface area is 248 Å². The fourth-order valence-corrected chi connectivity index (χ4v) is 5.43. The molecule has 3 aromatic rings. The van der Waals surface area contributed by atoms with Crippen molar-refractivity contribution in [1.29, 1.82) is 5.41 Å². The van der Waals surface area contributed by atoms with E-state index in [2.05, 4.69) is 9.88 Å². The number of benzene rings is 2. The van der Waals surface area contributed by atoms with Crippen LogP contribution in [0, 0.1) is 12.3 Å². The Hall–Kier alpha value is -3.63. The van der Waals surface area contributed by atoms with Crippen LogP contribution in [0.4, 0.5) is 5.69 Å². The molecule has 0 spiro atoms. The second kappa shape index (κ2) is 13.4. The Balaban J connectivity index is 0.00000462. The molecule has 1 aliphatic rings. The second-order valence-corrected chi connectivity index (χ2v) is 10.7. The highest BCUT2D eigenvalue weighted by Crippen LogP contribution is 2.35. The molecule has 0 aliphatic carbocycles. The lowest BCUT2D eigenvalue weighted by atomic mass is 9.85. The van der Waals surface area contributed by atoms with Crippen molar-refractivity contribution in [3.63, 3.8) is 0 Å². The van der Waals surface area contributed by atoms with E-state index >= 15 is 0 Å². The molecule has 11 heteroatoms.